The molecule has 0 radical (unpaired) electrons. The fraction of sp³-hybridized carbons (Fsp3) is 0.692. The van der Waals surface area contributed by atoms with E-state index in [1.165, 1.54) is 4.90 Å². The van der Waals surface area contributed by atoms with E-state index in [-0.39, 0.29) is 12.5 Å². The number of aryl methyl sites for hydroxylation is 1. The molecule has 2 N–H and O–H groups in total. The molecule has 124 valence electrons. The average Bonchev–Trinajstić information content (AvgIpc) is 2.89. The van der Waals surface area contributed by atoms with Gasteiger partial charge in [-0.1, -0.05) is 0 Å². The lowest BCUT2D eigenvalue weighted by Crippen LogP contribution is -2.48. The summed E-state index contributed by atoms with van der Waals surface area (Å²) in [5.41, 5.74) is 0. The summed E-state index contributed by atoms with van der Waals surface area (Å²) < 4.78 is 38.1. The highest BCUT2D eigenvalue weighted by atomic mass is 19.4. The number of hydrogen-bond donors (Lipinski definition) is 2. The Bertz CT molecular complexity index is 518. The Morgan fingerprint density at radius 3 is 2.91 bits per heavy atom. The van der Waals surface area contributed by atoms with Gasteiger partial charge in [-0.3, -0.25) is 0 Å². The first-order chi connectivity index (χ1) is 10.3. The van der Waals surface area contributed by atoms with Gasteiger partial charge >= 0.3 is 12.2 Å². The fourth-order valence-corrected chi connectivity index (χ4v) is 2.61. The molecule has 0 saturated carbocycles. The number of urea groups is 1. The SMILES string of the molecule is Cn1ccnc1C(O)C1CCCN(C(=O)NCC(F)(F)F)C1. The van der Waals surface area contributed by atoms with E-state index in [2.05, 4.69) is 4.98 Å². The molecule has 1 fully saturated rings. The van der Waals surface area contributed by atoms with E-state index in [9.17, 15) is 23.1 Å². The van der Waals surface area contributed by atoms with Crippen molar-refractivity contribution in [3.8, 4) is 0 Å². The highest BCUT2D eigenvalue weighted by Crippen LogP contribution is 2.28. The molecule has 0 spiro atoms. The number of alkyl halides is 3. The van der Waals surface area contributed by atoms with Crippen LogP contribution in [0, 0.1) is 5.92 Å². The minimum Gasteiger partial charge on any atom is -0.385 e. The first-order valence-corrected chi connectivity index (χ1v) is 7.03. The van der Waals surface area contributed by atoms with Crippen molar-refractivity contribution in [2.45, 2.75) is 25.1 Å². The molecular formula is C13H19F3N4O2. The Morgan fingerprint density at radius 2 is 2.32 bits per heavy atom. The molecule has 2 amide bonds. The Hall–Kier alpha value is -1.77. The number of aliphatic hydroxyl groups is 1. The molecule has 1 aromatic rings. The molecule has 0 aliphatic carbocycles. The van der Waals surface area contributed by atoms with Crippen LogP contribution in [0.2, 0.25) is 0 Å². The predicted molar refractivity (Wildman–Crippen MR) is 71.9 cm³/mol. The summed E-state index contributed by atoms with van der Waals surface area (Å²) in [5.74, 6) is 0.244. The van der Waals surface area contributed by atoms with Crippen molar-refractivity contribution >= 4 is 6.03 Å². The van der Waals surface area contributed by atoms with E-state index in [1.807, 2.05) is 5.32 Å². The molecule has 1 aliphatic heterocycles. The van der Waals surface area contributed by atoms with Gasteiger partial charge in [-0.05, 0) is 12.8 Å². The number of carbonyl (C=O) groups excluding carboxylic acids is 1. The van der Waals surface area contributed by atoms with Gasteiger partial charge in [0.1, 0.15) is 18.5 Å². The standard InChI is InChI=1S/C13H19F3N4O2/c1-19-6-4-17-11(19)10(21)9-3-2-5-20(7-9)12(22)18-8-13(14,15)16/h4,6,9-10,21H,2-3,5,7-8H2,1H3,(H,18,22). The van der Waals surface area contributed by atoms with Crippen molar-refractivity contribution in [2.75, 3.05) is 19.6 Å². The number of aliphatic hydroxyl groups excluding tert-OH is 1. The third-order valence-corrected chi connectivity index (χ3v) is 3.75. The number of hydrogen-bond acceptors (Lipinski definition) is 3. The van der Waals surface area contributed by atoms with Crippen molar-refractivity contribution in [2.24, 2.45) is 13.0 Å². The zero-order valence-electron chi connectivity index (χ0n) is 12.2. The number of carbonyl (C=O) groups is 1. The molecule has 9 heteroatoms. The first kappa shape index (κ1) is 16.6. The fourth-order valence-electron chi connectivity index (χ4n) is 2.61. The molecule has 2 atom stereocenters. The third-order valence-electron chi connectivity index (χ3n) is 3.75. The quantitative estimate of drug-likeness (QED) is 0.885. The maximum Gasteiger partial charge on any atom is 0.405 e. The van der Waals surface area contributed by atoms with E-state index in [0.29, 0.717) is 25.2 Å². The minimum absolute atomic E-state index is 0.206. The van der Waals surface area contributed by atoms with Crippen molar-refractivity contribution in [3.63, 3.8) is 0 Å². The maximum absolute atomic E-state index is 12.1. The Morgan fingerprint density at radius 1 is 1.59 bits per heavy atom. The zero-order valence-corrected chi connectivity index (χ0v) is 12.2. The number of rotatable bonds is 3. The van der Waals surface area contributed by atoms with Crippen LogP contribution in [0.5, 0.6) is 0 Å². The molecule has 2 rings (SSSR count). The second kappa shape index (κ2) is 6.55. The van der Waals surface area contributed by atoms with E-state index in [4.69, 9.17) is 0 Å². The summed E-state index contributed by atoms with van der Waals surface area (Å²) >= 11 is 0. The van der Waals surface area contributed by atoms with Gasteiger partial charge in [0.15, 0.2) is 0 Å². The second-order valence-electron chi connectivity index (χ2n) is 5.46. The van der Waals surface area contributed by atoms with Crippen LogP contribution < -0.4 is 5.32 Å². The van der Waals surface area contributed by atoms with Crippen LogP contribution in [0.15, 0.2) is 12.4 Å². The first-order valence-electron chi connectivity index (χ1n) is 7.03. The van der Waals surface area contributed by atoms with Gasteiger partial charge in [-0.2, -0.15) is 13.2 Å². The topological polar surface area (TPSA) is 70.4 Å². The number of piperidine rings is 1. The number of likely N-dealkylation sites (tertiary alicyclic amines) is 1. The molecule has 0 aromatic carbocycles. The summed E-state index contributed by atoms with van der Waals surface area (Å²) in [7, 11) is 1.75. The van der Waals surface area contributed by atoms with Gasteiger partial charge < -0.3 is 19.9 Å². The third kappa shape index (κ3) is 4.12. The van der Waals surface area contributed by atoms with Crippen molar-refractivity contribution in [1.29, 1.82) is 0 Å². The molecule has 1 aliphatic rings. The van der Waals surface area contributed by atoms with E-state index >= 15 is 0 Å². The van der Waals surface area contributed by atoms with E-state index < -0.39 is 24.9 Å². The summed E-state index contributed by atoms with van der Waals surface area (Å²) in [4.78, 5) is 17.2. The monoisotopic (exact) mass is 320 g/mol. The summed E-state index contributed by atoms with van der Waals surface area (Å²) in [5, 5.41) is 12.2. The summed E-state index contributed by atoms with van der Waals surface area (Å²) in [6.07, 6.45) is -0.692. The second-order valence-corrected chi connectivity index (χ2v) is 5.46. The van der Waals surface area contributed by atoms with Crippen LogP contribution in [0.4, 0.5) is 18.0 Å². The predicted octanol–water partition coefficient (Wildman–Crippen LogP) is 1.44. The molecule has 22 heavy (non-hydrogen) atoms. The van der Waals surface area contributed by atoms with Gasteiger partial charge in [0.25, 0.3) is 0 Å². The number of halogens is 3. The summed E-state index contributed by atoms with van der Waals surface area (Å²) in [6.45, 7) is -0.764. The van der Waals surface area contributed by atoms with Gasteiger partial charge in [0.05, 0.1) is 0 Å². The van der Waals surface area contributed by atoms with Crippen LogP contribution in [0.1, 0.15) is 24.8 Å². The van der Waals surface area contributed by atoms with Crippen molar-refractivity contribution < 1.29 is 23.1 Å². The zero-order chi connectivity index (χ0) is 16.3. The van der Waals surface area contributed by atoms with Crippen LogP contribution >= 0.6 is 0 Å². The van der Waals surface area contributed by atoms with Crippen molar-refractivity contribution in [1.82, 2.24) is 19.8 Å². The number of amides is 2. The molecule has 0 bridgehead atoms. The number of nitrogens with zero attached hydrogens (tertiary/aromatic N) is 3. The summed E-state index contributed by atoms with van der Waals surface area (Å²) in [6, 6.07) is -0.755. The van der Waals surface area contributed by atoms with Crippen LogP contribution in [-0.4, -0.2) is 51.4 Å². The molecule has 2 unspecified atom stereocenters. The molecule has 6 nitrogen and oxygen atoms in total. The average molecular weight is 320 g/mol. The Balaban J connectivity index is 1.94. The maximum atomic E-state index is 12.1. The van der Waals surface area contributed by atoms with Crippen LogP contribution in [0.25, 0.3) is 0 Å². The molecule has 1 saturated heterocycles. The van der Waals surface area contributed by atoms with Gasteiger partial charge in [-0.15, -0.1) is 0 Å². The van der Waals surface area contributed by atoms with Crippen molar-refractivity contribution in [3.05, 3.63) is 18.2 Å². The van der Waals surface area contributed by atoms with E-state index in [0.717, 1.165) is 0 Å². The van der Waals surface area contributed by atoms with Gasteiger partial charge in [-0.25, -0.2) is 9.78 Å². The molecule has 2 heterocycles. The van der Waals surface area contributed by atoms with Gasteiger partial charge in [0, 0.05) is 38.4 Å². The highest BCUT2D eigenvalue weighted by Gasteiger charge is 2.33. The lowest BCUT2D eigenvalue weighted by molar-refractivity contribution is -0.123. The Labute approximate surface area is 125 Å². The molecular weight excluding hydrogens is 301 g/mol. The number of aromatic nitrogens is 2. The Kier molecular flexibility index (Phi) is 4.94. The number of nitrogens with one attached hydrogen (secondary N) is 1. The lowest BCUT2D eigenvalue weighted by atomic mass is 9.92. The highest BCUT2D eigenvalue weighted by molar-refractivity contribution is 5.74. The minimum atomic E-state index is -4.43. The lowest BCUT2D eigenvalue weighted by Gasteiger charge is -2.34. The largest absolute Gasteiger partial charge is 0.405 e. The van der Waals surface area contributed by atoms with Crippen LogP contribution in [0.3, 0.4) is 0 Å². The molecule has 1 aromatic heterocycles. The van der Waals surface area contributed by atoms with Gasteiger partial charge in [0.2, 0.25) is 0 Å². The van der Waals surface area contributed by atoms with Crippen LogP contribution in [-0.2, 0) is 7.05 Å². The van der Waals surface area contributed by atoms with E-state index in [1.54, 1.807) is 24.0 Å². The smallest absolute Gasteiger partial charge is 0.385 e. The normalized spacial score (nSPS) is 20.8. The number of imidazole rings is 1.